The van der Waals surface area contributed by atoms with E-state index in [0.29, 0.717) is 17.5 Å². The molecule has 0 saturated heterocycles. The van der Waals surface area contributed by atoms with Gasteiger partial charge >= 0.3 is 0 Å². The number of para-hydroxylation sites is 1. The molecule has 1 atom stereocenters. The lowest BCUT2D eigenvalue weighted by Crippen LogP contribution is -2.14. The summed E-state index contributed by atoms with van der Waals surface area (Å²) in [4.78, 5) is 12.1. The summed E-state index contributed by atoms with van der Waals surface area (Å²) in [6.45, 7) is 2.13. The fraction of sp³-hybridized carbons (Fsp3) is 0.211. The van der Waals surface area contributed by atoms with Gasteiger partial charge < -0.3 is 9.73 Å². The van der Waals surface area contributed by atoms with E-state index in [9.17, 15) is 4.79 Å². The molecule has 0 aliphatic carbocycles. The highest BCUT2D eigenvalue weighted by Crippen LogP contribution is 2.23. The van der Waals surface area contributed by atoms with E-state index in [1.54, 1.807) is 0 Å². The third-order valence-corrected chi connectivity index (χ3v) is 5.53. The van der Waals surface area contributed by atoms with Crippen molar-refractivity contribution in [3.05, 3.63) is 69.6 Å². The molecule has 1 unspecified atom stereocenters. The van der Waals surface area contributed by atoms with Crippen LogP contribution in [0.15, 0.2) is 64.2 Å². The third-order valence-electron chi connectivity index (χ3n) is 3.77. The Bertz CT molecular complexity index is 870. The highest BCUT2D eigenvalue weighted by atomic mass is 127. The molecule has 2 aromatic carbocycles. The third kappa shape index (κ3) is 5.31. The molecule has 0 aliphatic heterocycles. The Morgan fingerprint density at radius 1 is 1.15 bits per heavy atom. The Balaban J connectivity index is 1.51. The van der Waals surface area contributed by atoms with Crippen molar-refractivity contribution in [1.82, 2.24) is 10.2 Å². The van der Waals surface area contributed by atoms with Crippen molar-refractivity contribution in [2.75, 3.05) is 11.1 Å². The van der Waals surface area contributed by atoms with Crippen LogP contribution in [0.4, 0.5) is 5.69 Å². The van der Waals surface area contributed by atoms with E-state index in [1.807, 2.05) is 42.5 Å². The minimum Gasteiger partial charge on any atom is -0.416 e. The van der Waals surface area contributed by atoms with Gasteiger partial charge in [0.25, 0.3) is 5.22 Å². The van der Waals surface area contributed by atoms with E-state index in [1.165, 1.54) is 17.3 Å². The molecule has 1 amide bonds. The number of nitrogens with one attached hydrogen (secondary N) is 1. The molecule has 0 fully saturated rings. The summed E-state index contributed by atoms with van der Waals surface area (Å²) in [6.07, 6.45) is 0.673. The maximum atomic E-state index is 12.1. The molecule has 1 aromatic heterocycles. The van der Waals surface area contributed by atoms with Gasteiger partial charge in [-0.2, -0.15) is 0 Å². The molecule has 1 N–H and O–H groups in total. The van der Waals surface area contributed by atoms with Gasteiger partial charge in [-0.3, -0.25) is 4.79 Å². The largest absolute Gasteiger partial charge is 0.416 e. The summed E-state index contributed by atoms with van der Waals surface area (Å²) in [5.41, 5.74) is 2.04. The smallest absolute Gasteiger partial charge is 0.277 e. The van der Waals surface area contributed by atoms with Gasteiger partial charge in [-0.1, -0.05) is 61.2 Å². The van der Waals surface area contributed by atoms with Crippen LogP contribution >= 0.6 is 34.4 Å². The average molecular weight is 479 g/mol. The molecule has 3 aromatic rings. The molecule has 0 radical (unpaired) electrons. The highest BCUT2D eigenvalue weighted by molar-refractivity contribution is 14.1. The SMILES string of the molecule is CC(Cc1nnc(SCC(=O)Nc2ccccc2I)o1)c1ccccc1. The highest BCUT2D eigenvalue weighted by Gasteiger charge is 2.14. The zero-order valence-electron chi connectivity index (χ0n) is 14.2. The Labute approximate surface area is 170 Å². The lowest BCUT2D eigenvalue weighted by molar-refractivity contribution is -0.113. The van der Waals surface area contributed by atoms with Crippen LogP contribution in [0, 0.1) is 3.57 Å². The van der Waals surface area contributed by atoms with E-state index in [-0.39, 0.29) is 17.6 Å². The first-order chi connectivity index (χ1) is 12.6. The minimum absolute atomic E-state index is 0.100. The summed E-state index contributed by atoms with van der Waals surface area (Å²) in [7, 11) is 0. The number of hydrogen-bond acceptors (Lipinski definition) is 5. The van der Waals surface area contributed by atoms with E-state index in [4.69, 9.17) is 4.42 Å². The Kier molecular flexibility index (Phi) is 6.67. The molecule has 3 rings (SSSR count). The Hall–Kier alpha value is -1.87. The molecular formula is C19H18IN3O2S. The van der Waals surface area contributed by atoms with Crippen molar-refractivity contribution in [3.8, 4) is 0 Å². The van der Waals surface area contributed by atoms with Crippen molar-refractivity contribution in [2.24, 2.45) is 0 Å². The second-order valence-electron chi connectivity index (χ2n) is 5.79. The molecule has 1 heterocycles. The molecule has 134 valence electrons. The number of thioether (sulfide) groups is 1. The van der Waals surface area contributed by atoms with Gasteiger partial charge in [-0.25, -0.2) is 0 Å². The van der Waals surface area contributed by atoms with Crippen LogP contribution in [-0.4, -0.2) is 21.9 Å². The number of hydrogen-bond donors (Lipinski definition) is 1. The van der Waals surface area contributed by atoms with E-state index >= 15 is 0 Å². The van der Waals surface area contributed by atoms with Crippen molar-refractivity contribution in [3.63, 3.8) is 0 Å². The summed E-state index contributed by atoms with van der Waals surface area (Å²) in [5, 5.41) is 11.4. The zero-order chi connectivity index (χ0) is 18.4. The van der Waals surface area contributed by atoms with Crippen molar-refractivity contribution >= 4 is 45.9 Å². The Morgan fingerprint density at radius 3 is 2.65 bits per heavy atom. The number of rotatable bonds is 7. The first-order valence-corrected chi connectivity index (χ1v) is 10.2. The van der Waals surface area contributed by atoms with Crippen molar-refractivity contribution < 1.29 is 9.21 Å². The molecule has 26 heavy (non-hydrogen) atoms. The molecule has 0 saturated carbocycles. The average Bonchev–Trinajstić information content (AvgIpc) is 3.10. The number of aromatic nitrogens is 2. The normalized spacial score (nSPS) is 11.9. The molecular weight excluding hydrogens is 461 g/mol. The minimum atomic E-state index is -0.100. The summed E-state index contributed by atoms with van der Waals surface area (Å²) in [5.74, 6) is 0.997. The number of carbonyl (C=O) groups excluding carboxylic acids is 1. The lowest BCUT2D eigenvalue weighted by Gasteiger charge is -2.08. The molecule has 7 heteroatoms. The quantitative estimate of drug-likeness (QED) is 0.391. The fourth-order valence-electron chi connectivity index (χ4n) is 2.42. The number of halogens is 1. The van der Waals surface area contributed by atoms with Crippen molar-refractivity contribution in [2.45, 2.75) is 24.5 Å². The van der Waals surface area contributed by atoms with E-state index < -0.39 is 0 Å². The molecule has 5 nitrogen and oxygen atoms in total. The standard InChI is InChI=1S/C19H18IN3O2S/c1-13(14-7-3-2-4-8-14)11-18-22-23-19(25-18)26-12-17(24)21-16-10-6-5-9-15(16)20/h2-10,13H,11-12H2,1H3,(H,21,24). The van der Waals surface area contributed by atoms with Gasteiger partial charge in [0, 0.05) is 9.99 Å². The van der Waals surface area contributed by atoms with E-state index in [0.717, 1.165) is 9.26 Å². The lowest BCUT2D eigenvalue weighted by atomic mass is 9.98. The summed E-state index contributed by atoms with van der Waals surface area (Å²) < 4.78 is 6.66. The van der Waals surface area contributed by atoms with Gasteiger partial charge in [0.15, 0.2) is 0 Å². The van der Waals surface area contributed by atoms with Crippen LogP contribution in [0.2, 0.25) is 0 Å². The summed E-state index contributed by atoms with van der Waals surface area (Å²) >= 11 is 3.43. The predicted octanol–water partition coefficient (Wildman–Crippen LogP) is 4.75. The van der Waals surface area contributed by atoms with Crippen LogP contribution in [0.1, 0.15) is 24.3 Å². The number of anilines is 1. The fourth-order valence-corrected chi connectivity index (χ4v) is 3.52. The molecule has 0 spiro atoms. The van der Waals surface area contributed by atoms with Crippen LogP contribution in [0.5, 0.6) is 0 Å². The molecule has 0 bridgehead atoms. The van der Waals surface area contributed by atoms with E-state index in [2.05, 4.69) is 57.2 Å². The maximum absolute atomic E-state index is 12.1. The summed E-state index contributed by atoms with van der Waals surface area (Å²) in [6, 6.07) is 17.9. The topological polar surface area (TPSA) is 68.0 Å². The monoisotopic (exact) mass is 479 g/mol. The van der Waals surface area contributed by atoms with Gasteiger partial charge in [-0.15, -0.1) is 10.2 Å². The van der Waals surface area contributed by atoms with Gasteiger partial charge in [0.2, 0.25) is 11.8 Å². The van der Waals surface area contributed by atoms with Crippen LogP contribution in [0.25, 0.3) is 0 Å². The van der Waals surface area contributed by atoms with Gasteiger partial charge in [-0.05, 0) is 46.2 Å². The predicted molar refractivity (Wildman–Crippen MR) is 111 cm³/mol. The Morgan fingerprint density at radius 2 is 1.88 bits per heavy atom. The van der Waals surface area contributed by atoms with Gasteiger partial charge in [0.05, 0.1) is 11.4 Å². The maximum Gasteiger partial charge on any atom is 0.277 e. The number of nitrogens with zero attached hydrogens (tertiary/aromatic N) is 2. The number of amides is 1. The molecule has 0 aliphatic rings. The van der Waals surface area contributed by atoms with Crippen molar-refractivity contribution in [1.29, 1.82) is 0 Å². The van der Waals surface area contributed by atoms with Gasteiger partial charge in [0.1, 0.15) is 0 Å². The first kappa shape index (κ1) is 18.9. The van der Waals surface area contributed by atoms with Crippen LogP contribution < -0.4 is 5.32 Å². The second kappa shape index (κ2) is 9.18. The number of carbonyl (C=O) groups is 1. The second-order valence-corrected chi connectivity index (χ2v) is 7.88. The van der Waals surface area contributed by atoms with Crippen LogP contribution in [-0.2, 0) is 11.2 Å². The number of benzene rings is 2. The van der Waals surface area contributed by atoms with Crippen LogP contribution in [0.3, 0.4) is 0 Å². The first-order valence-electron chi connectivity index (χ1n) is 8.16. The zero-order valence-corrected chi connectivity index (χ0v) is 17.2.